The van der Waals surface area contributed by atoms with Gasteiger partial charge >= 0.3 is 0 Å². The lowest BCUT2D eigenvalue weighted by Gasteiger charge is -2.03. The standard InChI is InChI=1S/C6H12N2O2/c1-4(2)6(8-10)5(3)7-9/h4,9-10H,1-3H3. The topological polar surface area (TPSA) is 65.2 Å². The van der Waals surface area contributed by atoms with Crippen LogP contribution < -0.4 is 0 Å². The van der Waals surface area contributed by atoms with Gasteiger partial charge in [0.05, 0.1) is 0 Å². The fourth-order valence-electron chi connectivity index (χ4n) is 0.657. The molecule has 0 amide bonds. The maximum absolute atomic E-state index is 8.39. The Kier molecular flexibility index (Phi) is 3.46. The van der Waals surface area contributed by atoms with Gasteiger partial charge < -0.3 is 10.4 Å². The number of nitrogens with zero attached hydrogens (tertiary/aromatic N) is 2. The van der Waals surface area contributed by atoms with Crippen molar-refractivity contribution in [3.8, 4) is 0 Å². The van der Waals surface area contributed by atoms with Gasteiger partial charge in [-0.25, -0.2) is 0 Å². The Labute approximate surface area is 59.9 Å². The Morgan fingerprint density at radius 2 is 1.70 bits per heavy atom. The average molecular weight is 144 g/mol. The van der Waals surface area contributed by atoms with Gasteiger partial charge in [-0.1, -0.05) is 24.2 Å². The summed E-state index contributed by atoms with van der Waals surface area (Å²) < 4.78 is 0. The van der Waals surface area contributed by atoms with Crippen molar-refractivity contribution < 1.29 is 10.4 Å². The van der Waals surface area contributed by atoms with E-state index < -0.39 is 0 Å². The monoisotopic (exact) mass is 144 g/mol. The second-order valence-electron chi connectivity index (χ2n) is 2.33. The summed E-state index contributed by atoms with van der Waals surface area (Å²) in [5, 5.41) is 22.6. The molecule has 4 nitrogen and oxygen atoms in total. The van der Waals surface area contributed by atoms with Crippen LogP contribution >= 0.6 is 0 Å². The second-order valence-corrected chi connectivity index (χ2v) is 2.33. The Morgan fingerprint density at radius 3 is 1.80 bits per heavy atom. The molecule has 0 aliphatic rings. The first-order valence-electron chi connectivity index (χ1n) is 3.04. The van der Waals surface area contributed by atoms with Gasteiger partial charge in [0.25, 0.3) is 0 Å². The summed E-state index contributed by atoms with van der Waals surface area (Å²) >= 11 is 0. The van der Waals surface area contributed by atoms with Crippen LogP contribution in [-0.4, -0.2) is 21.8 Å². The third-order valence-electron chi connectivity index (χ3n) is 1.18. The highest BCUT2D eigenvalue weighted by molar-refractivity contribution is 6.41. The van der Waals surface area contributed by atoms with Gasteiger partial charge in [-0.05, 0) is 6.92 Å². The minimum Gasteiger partial charge on any atom is -0.411 e. The van der Waals surface area contributed by atoms with E-state index in [1.807, 2.05) is 13.8 Å². The molecule has 0 aliphatic carbocycles. The highest BCUT2D eigenvalue weighted by Crippen LogP contribution is 1.98. The predicted molar refractivity (Wildman–Crippen MR) is 39.0 cm³/mol. The van der Waals surface area contributed by atoms with Gasteiger partial charge in [-0.15, -0.1) is 0 Å². The highest BCUT2D eigenvalue weighted by Gasteiger charge is 2.09. The number of oxime groups is 2. The molecule has 0 atom stereocenters. The molecular formula is C6H12N2O2. The van der Waals surface area contributed by atoms with Crippen molar-refractivity contribution in [2.24, 2.45) is 16.2 Å². The van der Waals surface area contributed by atoms with E-state index in [9.17, 15) is 0 Å². The Balaban J connectivity index is 4.39. The van der Waals surface area contributed by atoms with Gasteiger partial charge in [-0.2, -0.15) is 0 Å². The summed E-state index contributed by atoms with van der Waals surface area (Å²) in [6, 6.07) is 0. The molecule has 0 aliphatic heterocycles. The zero-order valence-electron chi connectivity index (χ0n) is 6.37. The van der Waals surface area contributed by atoms with Crippen molar-refractivity contribution in [3.05, 3.63) is 0 Å². The van der Waals surface area contributed by atoms with Crippen LogP contribution in [0.3, 0.4) is 0 Å². The fraction of sp³-hybridized carbons (Fsp3) is 0.667. The van der Waals surface area contributed by atoms with Crippen molar-refractivity contribution >= 4 is 11.4 Å². The highest BCUT2D eigenvalue weighted by atomic mass is 16.4. The van der Waals surface area contributed by atoms with Gasteiger partial charge in [-0.3, -0.25) is 0 Å². The van der Waals surface area contributed by atoms with E-state index in [2.05, 4.69) is 10.3 Å². The van der Waals surface area contributed by atoms with Crippen molar-refractivity contribution in [2.75, 3.05) is 0 Å². The lowest BCUT2D eigenvalue weighted by atomic mass is 10.1. The SMILES string of the molecule is CC(=NO)C(=NO)C(C)C. The number of rotatable bonds is 2. The first-order chi connectivity index (χ1) is 4.63. The molecule has 0 spiro atoms. The van der Waals surface area contributed by atoms with E-state index in [1.54, 1.807) is 6.92 Å². The smallest absolute Gasteiger partial charge is 0.107 e. The molecule has 58 valence electrons. The van der Waals surface area contributed by atoms with Gasteiger partial charge in [0.2, 0.25) is 0 Å². The maximum Gasteiger partial charge on any atom is 0.107 e. The lowest BCUT2D eigenvalue weighted by Crippen LogP contribution is -2.17. The molecule has 0 rings (SSSR count). The molecule has 10 heavy (non-hydrogen) atoms. The van der Waals surface area contributed by atoms with Crippen LogP contribution in [0.1, 0.15) is 20.8 Å². The van der Waals surface area contributed by atoms with E-state index in [0.717, 1.165) is 0 Å². The normalized spacial score (nSPS) is 14.4. The van der Waals surface area contributed by atoms with E-state index in [-0.39, 0.29) is 5.92 Å². The third-order valence-corrected chi connectivity index (χ3v) is 1.18. The minimum atomic E-state index is 0.0703. The van der Waals surface area contributed by atoms with Crippen LogP contribution in [0.25, 0.3) is 0 Å². The molecule has 0 fully saturated rings. The summed E-state index contributed by atoms with van der Waals surface area (Å²) in [5.74, 6) is 0.0703. The fourth-order valence-corrected chi connectivity index (χ4v) is 0.657. The Morgan fingerprint density at radius 1 is 1.20 bits per heavy atom. The quantitative estimate of drug-likeness (QED) is 0.348. The summed E-state index contributed by atoms with van der Waals surface area (Å²) in [5.41, 5.74) is 0.750. The van der Waals surface area contributed by atoms with Crippen LogP contribution in [-0.2, 0) is 0 Å². The Hall–Kier alpha value is -1.06. The second kappa shape index (κ2) is 3.87. The van der Waals surface area contributed by atoms with Gasteiger partial charge in [0.15, 0.2) is 0 Å². The molecule has 0 aromatic heterocycles. The number of hydrogen-bond acceptors (Lipinski definition) is 4. The first kappa shape index (κ1) is 8.94. The molecule has 0 heterocycles. The molecule has 0 saturated heterocycles. The number of hydrogen-bond donors (Lipinski definition) is 2. The largest absolute Gasteiger partial charge is 0.411 e. The minimum absolute atomic E-state index is 0.0703. The summed E-state index contributed by atoms with van der Waals surface area (Å²) in [6.07, 6.45) is 0. The van der Waals surface area contributed by atoms with Crippen LogP contribution in [0.2, 0.25) is 0 Å². The van der Waals surface area contributed by atoms with Crippen molar-refractivity contribution in [1.29, 1.82) is 0 Å². The van der Waals surface area contributed by atoms with E-state index in [4.69, 9.17) is 10.4 Å². The zero-order chi connectivity index (χ0) is 8.15. The van der Waals surface area contributed by atoms with Crippen LogP contribution in [0.4, 0.5) is 0 Å². The third kappa shape index (κ3) is 2.05. The molecule has 0 aromatic carbocycles. The molecule has 0 bridgehead atoms. The molecule has 0 radical (unpaired) electrons. The average Bonchev–Trinajstić information content (AvgIpc) is 1.88. The molecule has 0 unspecified atom stereocenters. The van der Waals surface area contributed by atoms with Crippen molar-refractivity contribution in [2.45, 2.75) is 20.8 Å². The van der Waals surface area contributed by atoms with Gasteiger partial charge in [0, 0.05) is 5.92 Å². The van der Waals surface area contributed by atoms with Gasteiger partial charge in [0.1, 0.15) is 11.4 Å². The lowest BCUT2D eigenvalue weighted by molar-refractivity contribution is 0.311. The molecule has 0 aromatic rings. The molecule has 2 N–H and O–H groups in total. The summed E-state index contributed by atoms with van der Waals surface area (Å²) in [7, 11) is 0. The van der Waals surface area contributed by atoms with Crippen LogP contribution in [0.5, 0.6) is 0 Å². The molecular weight excluding hydrogens is 132 g/mol. The zero-order valence-corrected chi connectivity index (χ0v) is 6.37. The van der Waals surface area contributed by atoms with E-state index in [0.29, 0.717) is 11.4 Å². The van der Waals surface area contributed by atoms with E-state index >= 15 is 0 Å². The summed E-state index contributed by atoms with van der Waals surface area (Å²) in [6.45, 7) is 5.28. The maximum atomic E-state index is 8.39. The van der Waals surface area contributed by atoms with Crippen LogP contribution in [0.15, 0.2) is 10.3 Å². The van der Waals surface area contributed by atoms with Crippen LogP contribution in [0, 0.1) is 5.92 Å². The molecule has 0 saturated carbocycles. The Bertz CT molecular complexity index is 161. The summed E-state index contributed by atoms with van der Waals surface area (Å²) in [4.78, 5) is 0. The molecule has 4 heteroatoms. The van der Waals surface area contributed by atoms with Crippen molar-refractivity contribution in [1.82, 2.24) is 0 Å². The predicted octanol–water partition coefficient (Wildman–Crippen LogP) is 1.32. The van der Waals surface area contributed by atoms with E-state index in [1.165, 1.54) is 0 Å². The van der Waals surface area contributed by atoms with Crippen molar-refractivity contribution in [3.63, 3.8) is 0 Å². The first-order valence-corrected chi connectivity index (χ1v) is 3.04.